The lowest BCUT2D eigenvalue weighted by Crippen LogP contribution is -2.49. The second-order valence-electron chi connectivity index (χ2n) is 5.82. The number of carboxylic acids is 1. The second kappa shape index (κ2) is 5.56. The van der Waals surface area contributed by atoms with Crippen LogP contribution >= 0.6 is 0 Å². The van der Waals surface area contributed by atoms with E-state index in [0.717, 1.165) is 10.3 Å². The fraction of sp³-hybridized carbons (Fsp3) is 0.0500. The number of hydrogen-bond acceptors (Lipinski definition) is 4. The van der Waals surface area contributed by atoms with Crippen molar-refractivity contribution in [1.82, 2.24) is 4.90 Å². The second-order valence-corrected chi connectivity index (χ2v) is 5.82. The molecule has 0 saturated carbocycles. The monoisotopic (exact) mass is 330 g/mol. The third-order valence-electron chi connectivity index (χ3n) is 4.40. The Morgan fingerprint density at radius 1 is 0.800 bits per heavy atom. The molecule has 25 heavy (non-hydrogen) atoms. The number of carbonyl (C=O) groups is 3. The first-order chi connectivity index (χ1) is 12.1. The number of amides is 2. The molecule has 0 unspecified atom stereocenters. The van der Waals surface area contributed by atoms with Crippen molar-refractivity contribution in [3.8, 4) is 0 Å². The molecular weight excluding hydrogens is 318 g/mol. The van der Waals surface area contributed by atoms with E-state index in [1.165, 1.54) is 0 Å². The maximum Gasteiger partial charge on any atom is 0.262 e. The van der Waals surface area contributed by atoms with Crippen molar-refractivity contribution in [2.45, 2.75) is 6.04 Å². The van der Waals surface area contributed by atoms with Gasteiger partial charge in [0.2, 0.25) is 0 Å². The molecule has 3 aromatic carbocycles. The summed E-state index contributed by atoms with van der Waals surface area (Å²) in [4.78, 5) is 38.5. The minimum absolute atomic E-state index is 0.315. The van der Waals surface area contributed by atoms with Crippen LogP contribution in [-0.4, -0.2) is 22.7 Å². The Kier molecular flexibility index (Phi) is 3.35. The van der Waals surface area contributed by atoms with Crippen LogP contribution < -0.4 is 5.11 Å². The maximum absolute atomic E-state index is 12.9. The Hall–Kier alpha value is -3.47. The zero-order valence-electron chi connectivity index (χ0n) is 13.0. The zero-order valence-corrected chi connectivity index (χ0v) is 13.0. The van der Waals surface area contributed by atoms with E-state index in [2.05, 4.69) is 0 Å². The molecule has 2 amide bonds. The van der Waals surface area contributed by atoms with Crippen LogP contribution in [0.5, 0.6) is 0 Å². The Bertz CT molecular complexity index is 976. The molecule has 0 bridgehead atoms. The van der Waals surface area contributed by atoms with Crippen molar-refractivity contribution >= 4 is 28.6 Å². The highest BCUT2D eigenvalue weighted by Crippen LogP contribution is 2.34. The molecule has 0 radical (unpaired) electrons. The molecule has 1 heterocycles. The van der Waals surface area contributed by atoms with Gasteiger partial charge in [-0.3, -0.25) is 14.5 Å². The first-order valence-corrected chi connectivity index (χ1v) is 7.75. The molecule has 5 nitrogen and oxygen atoms in total. The highest BCUT2D eigenvalue weighted by molar-refractivity contribution is 6.26. The number of carbonyl (C=O) groups excluding carboxylic acids is 3. The average molecular weight is 330 g/mol. The van der Waals surface area contributed by atoms with Crippen LogP contribution in [0.15, 0.2) is 66.7 Å². The molecule has 4 rings (SSSR count). The lowest BCUT2D eigenvalue weighted by Gasteiger charge is -2.34. The van der Waals surface area contributed by atoms with E-state index in [-0.39, 0.29) is 0 Å². The molecule has 122 valence electrons. The first-order valence-electron chi connectivity index (χ1n) is 7.75. The first kappa shape index (κ1) is 15.1. The summed E-state index contributed by atoms with van der Waals surface area (Å²) in [5.41, 5.74) is 0.945. The Labute approximate surface area is 143 Å². The summed E-state index contributed by atoms with van der Waals surface area (Å²) in [6.45, 7) is 0. The number of rotatable bonds is 3. The highest BCUT2D eigenvalue weighted by Gasteiger charge is 2.38. The number of imide groups is 1. The number of benzene rings is 3. The molecule has 0 spiro atoms. The maximum atomic E-state index is 12.9. The molecule has 3 aromatic rings. The molecule has 1 aliphatic heterocycles. The van der Waals surface area contributed by atoms with E-state index < -0.39 is 23.8 Å². The van der Waals surface area contributed by atoms with Gasteiger partial charge in [-0.2, -0.15) is 0 Å². The van der Waals surface area contributed by atoms with Crippen molar-refractivity contribution < 1.29 is 19.5 Å². The summed E-state index contributed by atoms with van der Waals surface area (Å²) in [7, 11) is 0. The molecule has 0 saturated heterocycles. The van der Waals surface area contributed by atoms with Crippen LogP contribution in [0.2, 0.25) is 0 Å². The van der Waals surface area contributed by atoms with Gasteiger partial charge in [0.15, 0.2) is 0 Å². The molecule has 0 aromatic heterocycles. The SMILES string of the molecule is O=C([O-])[C@@H](c1ccccc1)N1C(=O)c2cccc3cccc(c23)C1=O. The smallest absolute Gasteiger partial charge is 0.262 e. The Morgan fingerprint density at radius 3 is 1.88 bits per heavy atom. The molecule has 0 aliphatic carbocycles. The number of aliphatic carboxylic acids is 1. The lowest BCUT2D eigenvalue weighted by atomic mass is 9.92. The Morgan fingerprint density at radius 2 is 1.36 bits per heavy atom. The number of hydrogen-bond donors (Lipinski definition) is 0. The molecule has 0 fully saturated rings. The molecule has 5 heteroatoms. The van der Waals surface area contributed by atoms with Gasteiger partial charge in [-0.25, -0.2) is 0 Å². The highest BCUT2D eigenvalue weighted by atomic mass is 16.4. The summed E-state index contributed by atoms with van der Waals surface area (Å²) in [6.07, 6.45) is 0. The van der Waals surface area contributed by atoms with Gasteiger partial charge in [0.05, 0.1) is 5.97 Å². The summed E-state index contributed by atoms with van der Waals surface area (Å²) >= 11 is 0. The largest absolute Gasteiger partial charge is 0.547 e. The predicted octanol–water partition coefficient (Wildman–Crippen LogP) is 1.93. The third-order valence-corrected chi connectivity index (χ3v) is 4.40. The number of nitrogens with zero attached hydrogens (tertiary/aromatic N) is 1. The molecule has 0 N–H and O–H groups in total. The van der Waals surface area contributed by atoms with E-state index in [1.807, 2.05) is 12.1 Å². The van der Waals surface area contributed by atoms with Crippen LogP contribution in [-0.2, 0) is 4.79 Å². The van der Waals surface area contributed by atoms with Gasteiger partial charge < -0.3 is 9.90 Å². The van der Waals surface area contributed by atoms with Gasteiger partial charge >= 0.3 is 0 Å². The van der Waals surface area contributed by atoms with Crippen molar-refractivity contribution in [2.24, 2.45) is 0 Å². The van der Waals surface area contributed by atoms with Crippen LogP contribution in [0.3, 0.4) is 0 Å². The van der Waals surface area contributed by atoms with Gasteiger partial charge in [0, 0.05) is 16.5 Å². The van der Waals surface area contributed by atoms with Crippen LogP contribution in [0.1, 0.15) is 32.3 Å². The summed E-state index contributed by atoms with van der Waals surface area (Å²) in [6, 6.07) is 16.9. The Balaban J connectivity index is 1.94. The minimum Gasteiger partial charge on any atom is -0.547 e. The van der Waals surface area contributed by atoms with Crippen molar-refractivity contribution in [2.75, 3.05) is 0 Å². The van der Waals surface area contributed by atoms with Gasteiger partial charge in [-0.15, -0.1) is 0 Å². The zero-order chi connectivity index (χ0) is 17.6. The molecule has 1 atom stereocenters. The van der Waals surface area contributed by atoms with Crippen molar-refractivity contribution in [3.05, 3.63) is 83.4 Å². The van der Waals surface area contributed by atoms with E-state index >= 15 is 0 Å². The van der Waals surface area contributed by atoms with Crippen molar-refractivity contribution in [1.29, 1.82) is 0 Å². The topological polar surface area (TPSA) is 77.5 Å². The summed E-state index contributed by atoms with van der Waals surface area (Å²) in [5, 5.41) is 13.1. The summed E-state index contributed by atoms with van der Waals surface area (Å²) < 4.78 is 0. The third kappa shape index (κ3) is 2.21. The standard InChI is InChI=1S/C20H13NO4/c22-18-14-10-4-8-12-9-5-11-15(16(12)14)19(23)21(18)17(20(24)25)13-6-2-1-3-7-13/h1-11,17H,(H,24,25)/p-1/t17-/m1/s1. The molecular formula is C20H12NO4-. The fourth-order valence-corrected chi connectivity index (χ4v) is 3.31. The quantitative estimate of drug-likeness (QED) is 0.688. The van der Waals surface area contributed by atoms with Crippen LogP contribution in [0, 0.1) is 0 Å². The minimum atomic E-state index is -1.50. The number of carboxylic acid groups (broad SMARTS) is 1. The van der Waals surface area contributed by atoms with Gasteiger partial charge in [0.25, 0.3) is 11.8 Å². The fourth-order valence-electron chi connectivity index (χ4n) is 3.31. The summed E-state index contributed by atoms with van der Waals surface area (Å²) in [5.74, 6) is -2.76. The van der Waals surface area contributed by atoms with E-state index in [1.54, 1.807) is 54.6 Å². The van der Waals surface area contributed by atoms with Gasteiger partial charge in [-0.1, -0.05) is 54.6 Å². The lowest BCUT2D eigenvalue weighted by molar-refractivity contribution is -0.310. The molecule has 1 aliphatic rings. The van der Waals surface area contributed by atoms with Crippen LogP contribution in [0.25, 0.3) is 10.8 Å². The van der Waals surface area contributed by atoms with E-state index in [4.69, 9.17) is 0 Å². The van der Waals surface area contributed by atoms with Gasteiger partial charge in [-0.05, 0) is 23.1 Å². The van der Waals surface area contributed by atoms with Gasteiger partial charge in [0.1, 0.15) is 6.04 Å². The predicted molar refractivity (Wildman–Crippen MR) is 88.6 cm³/mol. The van der Waals surface area contributed by atoms with E-state index in [9.17, 15) is 19.5 Å². The normalized spacial score (nSPS) is 14.6. The average Bonchev–Trinajstić information content (AvgIpc) is 2.63. The van der Waals surface area contributed by atoms with E-state index in [0.29, 0.717) is 22.1 Å². The van der Waals surface area contributed by atoms with Crippen LogP contribution in [0.4, 0.5) is 0 Å². The van der Waals surface area contributed by atoms with Crippen molar-refractivity contribution in [3.63, 3.8) is 0 Å².